The Morgan fingerprint density at radius 2 is 1.12 bits per heavy atom. The predicted octanol–water partition coefficient (Wildman–Crippen LogP) is 11.2. The van der Waals surface area contributed by atoms with Crippen LogP contribution in [0.5, 0.6) is 0 Å². The minimum absolute atomic E-state index is 0.655. The SMILES string of the molecule is N#Cc1ccc2sc3c(-c4ccc(-c5ccc6sc7ccccc7c6c5)c(-c5ccccc5C#N)c4)cccc3c2c1. The molecule has 8 aromatic rings. The second-order valence-corrected chi connectivity index (χ2v) is 12.5. The van der Waals surface area contributed by atoms with Gasteiger partial charge in [-0.25, -0.2) is 0 Å². The molecule has 0 bridgehead atoms. The van der Waals surface area contributed by atoms with E-state index < -0.39 is 0 Å². The highest BCUT2D eigenvalue weighted by atomic mass is 32.1. The molecule has 0 saturated heterocycles. The molecule has 2 aromatic heterocycles. The number of hydrogen-bond acceptors (Lipinski definition) is 4. The van der Waals surface area contributed by atoms with Crippen LogP contribution in [0.15, 0.2) is 121 Å². The molecule has 0 aliphatic rings. The Hall–Kier alpha value is -5.26. The maximum Gasteiger partial charge on any atom is 0.0998 e. The Kier molecular flexibility index (Phi) is 5.66. The second-order valence-electron chi connectivity index (χ2n) is 10.3. The molecule has 2 heterocycles. The molecule has 0 amide bonds. The molecule has 0 unspecified atom stereocenters. The Morgan fingerprint density at radius 1 is 0.429 bits per heavy atom. The van der Waals surface area contributed by atoms with E-state index >= 15 is 0 Å². The summed E-state index contributed by atoms with van der Waals surface area (Å²) < 4.78 is 4.92. The highest BCUT2D eigenvalue weighted by Gasteiger charge is 2.17. The summed E-state index contributed by atoms with van der Waals surface area (Å²) in [7, 11) is 0. The van der Waals surface area contributed by atoms with Gasteiger partial charge in [0.1, 0.15) is 0 Å². The van der Waals surface area contributed by atoms with Crippen molar-refractivity contribution in [3.63, 3.8) is 0 Å². The Bertz CT molecular complexity index is 2450. The maximum atomic E-state index is 10.1. The third kappa shape index (κ3) is 3.82. The lowest BCUT2D eigenvalue weighted by Crippen LogP contribution is -1.91. The summed E-state index contributed by atoms with van der Waals surface area (Å²) >= 11 is 3.57. The average Bonchev–Trinajstić information content (AvgIpc) is 3.62. The molecule has 0 radical (unpaired) electrons. The molecule has 194 valence electrons. The van der Waals surface area contributed by atoms with E-state index in [2.05, 4.69) is 91.0 Å². The van der Waals surface area contributed by atoms with Crippen LogP contribution in [0.25, 0.3) is 73.7 Å². The Morgan fingerprint density at radius 3 is 2.02 bits per heavy atom. The summed E-state index contributed by atoms with van der Waals surface area (Å²) in [6, 6.07) is 46.8. The number of thiophene rings is 2. The standard InChI is InChI=1S/C38H20N2S2/c39-21-23-12-16-37-33(18-23)31-10-5-9-29(38(31)42-37)25-13-15-28(32(19-25)27-7-2-1-6-26(27)22-40)24-14-17-36-34(20-24)30-8-3-4-11-35(30)41-36/h1-20H. The Balaban J connectivity index is 1.38. The molecule has 0 atom stereocenters. The fourth-order valence-corrected chi connectivity index (χ4v) is 8.30. The van der Waals surface area contributed by atoms with Crippen LogP contribution >= 0.6 is 22.7 Å². The summed E-state index contributed by atoms with van der Waals surface area (Å²) in [5.74, 6) is 0. The van der Waals surface area contributed by atoms with E-state index in [1.54, 1.807) is 11.3 Å². The number of nitriles is 2. The molecule has 0 aliphatic heterocycles. The van der Waals surface area contributed by atoms with Crippen LogP contribution < -0.4 is 0 Å². The van der Waals surface area contributed by atoms with Crippen LogP contribution in [0.1, 0.15) is 11.1 Å². The fourth-order valence-electron chi connectivity index (χ4n) is 5.99. The predicted molar refractivity (Wildman–Crippen MR) is 178 cm³/mol. The van der Waals surface area contributed by atoms with Gasteiger partial charge in [0, 0.05) is 45.9 Å². The molecule has 0 spiro atoms. The van der Waals surface area contributed by atoms with Crippen molar-refractivity contribution in [3.8, 4) is 45.5 Å². The third-order valence-corrected chi connectivity index (χ3v) is 10.4. The molecular weight excluding hydrogens is 549 g/mol. The van der Waals surface area contributed by atoms with Crippen LogP contribution in [-0.4, -0.2) is 0 Å². The molecule has 4 heteroatoms. The van der Waals surface area contributed by atoms with Gasteiger partial charge in [0.05, 0.1) is 23.3 Å². The normalized spacial score (nSPS) is 11.3. The first-order valence-corrected chi connectivity index (χ1v) is 15.3. The summed E-state index contributed by atoms with van der Waals surface area (Å²) in [5, 5.41) is 24.3. The zero-order chi connectivity index (χ0) is 28.2. The van der Waals surface area contributed by atoms with Crippen LogP contribution in [0.3, 0.4) is 0 Å². The summed E-state index contributed by atoms with van der Waals surface area (Å²) in [6.07, 6.45) is 0. The molecule has 42 heavy (non-hydrogen) atoms. The van der Waals surface area contributed by atoms with Gasteiger partial charge >= 0.3 is 0 Å². The van der Waals surface area contributed by atoms with Crippen molar-refractivity contribution in [2.75, 3.05) is 0 Å². The number of hydrogen-bond donors (Lipinski definition) is 0. The number of benzene rings is 6. The highest BCUT2D eigenvalue weighted by Crippen LogP contribution is 2.44. The van der Waals surface area contributed by atoms with Crippen molar-refractivity contribution in [1.82, 2.24) is 0 Å². The number of rotatable bonds is 3. The third-order valence-electron chi connectivity index (χ3n) is 7.98. The zero-order valence-electron chi connectivity index (χ0n) is 22.3. The smallest absolute Gasteiger partial charge is 0.0998 e. The zero-order valence-corrected chi connectivity index (χ0v) is 23.9. The van der Waals surface area contributed by atoms with Crippen molar-refractivity contribution < 1.29 is 0 Å². The number of fused-ring (bicyclic) bond motifs is 6. The topological polar surface area (TPSA) is 47.6 Å². The van der Waals surface area contributed by atoms with Gasteiger partial charge in [-0.1, -0.05) is 72.8 Å². The molecule has 0 saturated carbocycles. The highest BCUT2D eigenvalue weighted by molar-refractivity contribution is 7.26. The van der Waals surface area contributed by atoms with Crippen molar-refractivity contribution in [3.05, 3.63) is 132 Å². The minimum atomic E-state index is 0.655. The van der Waals surface area contributed by atoms with E-state index in [9.17, 15) is 10.5 Å². The Labute approximate surface area is 250 Å². The van der Waals surface area contributed by atoms with Gasteiger partial charge in [0.25, 0.3) is 0 Å². The van der Waals surface area contributed by atoms with Gasteiger partial charge in [-0.2, -0.15) is 10.5 Å². The molecule has 0 aliphatic carbocycles. The average molecular weight is 569 g/mol. The fraction of sp³-hybridized carbons (Fsp3) is 0. The molecule has 0 N–H and O–H groups in total. The first kappa shape index (κ1) is 24.5. The van der Waals surface area contributed by atoms with Crippen LogP contribution in [-0.2, 0) is 0 Å². The summed E-state index contributed by atoms with van der Waals surface area (Å²) in [4.78, 5) is 0. The van der Waals surface area contributed by atoms with Crippen molar-refractivity contribution in [2.24, 2.45) is 0 Å². The van der Waals surface area contributed by atoms with Crippen LogP contribution in [0.2, 0.25) is 0 Å². The van der Waals surface area contributed by atoms with Gasteiger partial charge in [-0.3, -0.25) is 0 Å². The van der Waals surface area contributed by atoms with Gasteiger partial charge in [0.15, 0.2) is 0 Å². The largest absolute Gasteiger partial charge is 0.192 e. The van der Waals surface area contributed by atoms with Crippen molar-refractivity contribution >= 4 is 63.0 Å². The maximum absolute atomic E-state index is 10.1. The molecule has 2 nitrogen and oxygen atoms in total. The molecule has 6 aromatic carbocycles. The lowest BCUT2D eigenvalue weighted by molar-refractivity contribution is 1.48. The van der Waals surface area contributed by atoms with E-state index in [1.165, 1.54) is 29.6 Å². The van der Waals surface area contributed by atoms with Gasteiger partial charge in [-0.05, 0) is 76.3 Å². The lowest BCUT2D eigenvalue weighted by atomic mass is 9.88. The van der Waals surface area contributed by atoms with Gasteiger partial charge < -0.3 is 0 Å². The van der Waals surface area contributed by atoms with E-state index in [0.29, 0.717) is 11.1 Å². The van der Waals surface area contributed by atoms with Crippen LogP contribution in [0, 0.1) is 22.7 Å². The van der Waals surface area contributed by atoms with E-state index in [-0.39, 0.29) is 0 Å². The van der Waals surface area contributed by atoms with Gasteiger partial charge in [0.2, 0.25) is 0 Å². The lowest BCUT2D eigenvalue weighted by Gasteiger charge is -2.15. The van der Waals surface area contributed by atoms with Crippen molar-refractivity contribution in [2.45, 2.75) is 0 Å². The molecule has 0 fully saturated rings. The summed E-state index contributed by atoms with van der Waals surface area (Å²) in [5.41, 5.74) is 7.76. The quantitative estimate of drug-likeness (QED) is 0.213. The molecule has 8 rings (SSSR count). The minimum Gasteiger partial charge on any atom is -0.192 e. The first-order valence-electron chi connectivity index (χ1n) is 13.6. The first-order chi connectivity index (χ1) is 20.7. The summed E-state index contributed by atoms with van der Waals surface area (Å²) in [6.45, 7) is 0. The second kappa shape index (κ2) is 9.68. The van der Waals surface area contributed by atoms with Crippen molar-refractivity contribution in [1.29, 1.82) is 10.5 Å². The van der Waals surface area contributed by atoms with E-state index in [1.807, 2.05) is 53.8 Å². The van der Waals surface area contributed by atoms with E-state index in [0.717, 1.165) is 44.2 Å². The molecular formula is C38H20N2S2. The van der Waals surface area contributed by atoms with Crippen LogP contribution in [0.4, 0.5) is 0 Å². The van der Waals surface area contributed by atoms with Gasteiger partial charge in [-0.15, -0.1) is 22.7 Å². The van der Waals surface area contributed by atoms with E-state index in [4.69, 9.17) is 0 Å². The number of nitrogens with zero attached hydrogens (tertiary/aromatic N) is 2. The monoisotopic (exact) mass is 568 g/mol.